The molecule has 1 aliphatic heterocycles. The summed E-state index contributed by atoms with van der Waals surface area (Å²) in [7, 11) is -0.636. The van der Waals surface area contributed by atoms with Crippen molar-refractivity contribution in [1.82, 2.24) is 0 Å². The van der Waals surface area contributed by atoms with Gasteiger partial charge in [0.15, 0.2) is 0 Å². The van der Waals surface area contributed by atoms with Crippen molar-refractivity contribution in [3.63, 3.8) is 0 Å². The van der Waals surface area contributed by atoms with Gasteiger partial charge in [-0.15, -0.1) is 0 Å². The molecule has 3 heteroatoms. The number of nitrogens with zero attached hydrogens (tertiary/aromatic N) is 1. The topological polar surface area (TPSA) is 23.3 Å². The first kappa shape index (κ1) is 17.1. The molecule has 0 N–H and O–H groups in total. The van der Waals surface area contributed by atoms with Gasteiger partial charge in [0.2, 0.25) is 0 Å². The van der Waals surface area contributed by atoms with E-state index in [1.165, 1.54) is 15.9 Å². The van der Waals surface area contributed by atoms with Gasteiger partial charge in [-0.1, -0.05) is 105 Å². The van der Waals surface area contributed by atoms with E-state index >= 15 is 0 Å². The highest BCUT2D eigenvalue weighted by Gasteiger charge is 2.25. The van der Waals surface area contributed by atoms with Crippen LogP contribution in [0, 0.1) is 5.92 Å². The summed E-state index contributed by atoms with van der Waals surface area (Å²) in [6.45, 7) is 5.09. The number of ether oxygens (including phenoxy) is 1. The maximum Gasteiger partial charge on any atom is 0.0726 e. The highest BCUT2D eigenvalue weighted by molar-refractivity contribution is 7.77. The van der Waals surface area contributed by atoms with E-state index in [4.69, 9.17) is 10.1 Å². The first-order chi connectivity index (χ1) is 12.7. The van der Waals surface area contributed by atoms with Crippen LogP contribution < -0.4 is 10.6 Å². The van der Waals surface area contributed by atoms with E-state index in [1.54, 1.807) is 0 Å². The van der Waals surface area contributed by atoms with Crippen LogP contribution >= 0.6 is 7.92 Å². The zero-order valence-corrected chi connectivity index (χ0v) is 16.1. The van der Waals surface area contributed by atoms with Crippen molar-refractivity contribution >= 4 is 18.5 Å². The van der Waals surface area contributed by atoms with E-state index in [2.05, 4.69) is 92.7 Å². The van der Waals surface area contributed by atoms with Gasteiger partial charge < -0.3 is 10.1 Å². The van der Waals surface area contributed by atoms with Crippen LogP contribution in [0.3, 0.4) is 0 Å². The molecule has 1 fully saturated rings. The number of rotatable bonds is 4. The van der Waals surface area contributed by atoms with Crippen LogP contribution in [0.4, 0.5) is 0 Å². The third kappa shape index (κ3) is 3.34. The van der Waals surface area contributed by atoms with Crippen molar-refractivity contribution in [2.75, 3.05) is 6.61 Å². The van der Waals surface area contributed by atoms with E-state index in [0.29, 0.717) is 12.5 Å². The molecule has 1 saturated heterocycles. The maximum absolute atomic E-state index is 5.99. The van der Waals surface area contributed by atoms with E-state index in [0.717, 1.165) is 11.5 Å². The second kappa shape index (κ2) is 7.51. The van der Waals surface area contributed by atoms with Crippen LogP contribution in [0.15, 0.2) is 95.7 Å². The molecule has 1 atom stereocenters. The summed E-state index contributed by atoms with van der Waals surface area (Å²) in [5.41, 5.74) is 1.15. The first-order valence-electron chi connectivity index (χ1n) is 9.11. The molecule has 132 valence electrons. The second-order valence-corrected chi connectivity index (χ2v) is 9.07. The summed E-state index contributed by atoms with van der Waals surface area (Å²) in [6, 6.07) is 21.8. The largest absolute Gasteiger partial charge is 0.648 e. The fourth-order valence-electron chi connectivity index (χ4n) is 3.25. The van der Waals surface area contributed by atoms with Crippen molar-refractivity contribution in [2.45, 2.75) is 19.9 Å². The quantitative estimate of drug-likeness (QED) is 0.686. The molecule has 1 heterocycles. The molecule has 0 saturated carbocycles. The van der Waals surface area contributed by atoms with Gasteiger partial charge >= 0.3 is 0 Å². The molecule has 0 unspecified atom stereocenters. The summed E-state index contributed by atoms with van der Waals surface area (Å²) in [5.74, 6) is 1.30. The summed E-state index contributed by atoms with van der Waals surface area (Å²) in [6.07, 6.45) is 6.51. The van der Waals surface area contributed by atoms with Crippen molar-refractivity contribution < 1.29 is 4.74 Å². The molecule has 2 aromatic carbocycles. The SMILES string of the molecule is CC(C)[C@@H]1CO/C(=C2\C=CC=C2P(c2ccccc2)c2ccccc2)[N-]1. The fourth-order valence-corrected chi connectivity index (χ4v) is 5.69. The average molecular weight is 360 g/mol. The van der Waals surface area contributed by atoms with Crippen molar-refractivity contribution in [3.05, 3.63) is 101 Å². The minimum absolute atomic E-state index is 0.257. The summed E-state index contributed by atoms with van der Waals surface area (Å²) < 4.78 is 5.99. The Morgan fingerprint density at radius 3 is 2.12 bits per heavy atom. The maximum atomic E-state index is 5.99. The number of hydrogen-bond donors (Lipinski definition) is 0. The molecule has 4 rings (SSSR count). The Kier molecular flexibility index (Phi) is 4.95. The molecule has 26 heavy (non-hydrogen) atoms. The van der Waals surface area contributed by atoms with Gasteiger partial charge in [-0.05, 0) is 23.8 Å². The van der Waals surface area contributed by atoms with E-state index in [-0.39, 0.29) is 6.04 Å². The Balaban J connectivity index is 1.75. The molecule has 2 aliphatic rings. The van der Waals surface area contributed by atoms with Gasteiger partial charge in [0.1, 0.15) is 0 Å². The second-order valence-electron chi connectivity index (χ2n) is 6.89. The molecular weight excluding hydrogens is 337 g/mol. The zero-order valence-electron chi connectivity index (χ0n) is 15.2. The minimum atomic E-state index is -0.636. The molecular formula is C23H23NOP-. The Morgan fingerprint density at radius 1 is 0.962 bits per heavy atom. The molecule has 2 nitrogen and oxygen atoms in total. The number of hydrogen-bond acceptors (Lipinski definition) is 1. The van der Waals surface area contributed by atoms with Gasteiger partial charge in [0.25, 0.3) is 0 Å². The van der Waals surface area contributed by atoms with E-state index < -0.39 is 7.92 Å². The van der Waals surface area contributed by atoms with Gasteiger partial charge in [-0.3, -0.25) is 0 Å². The average Bonchev–Trinajstić information content (AvgIpc) is 3.33. The monoisotopic (exact) mass is 360 g/mol. The standard InChI is InChI=1S/C23H23NOP/c1-17(2)21-16-25-23(24-21)20-14-9-15-22(20)26(18-10-5-3-6-11-18)19-12-7-4-8-13-19/h3-15,17,21H,16H2,1-2H3/q-1/b23-20+/t21-/m0/s1. The van der Waals surface area contributed by atoms with Gasteiger partial charge in [-0.25, -0.2) is 0 Å². The Morgan fingerprint density at radius 2 is 1.58 bits per heavy atom. The predicted octanol–water partition coefficient (Wildman–Crippen LogP) is 5.21. The molecule has 0 amide bonds. The zero-order chi connectivity index (χ0) is 17.9. The normalized spacial score (nSPS) is 21.8. The Bertz CT molecular complexity index is 813. The summed E-state index contributed by atoms with van der Waals surface area (Å²) in [4.78, 5) is 0. The fraction of sp³-hybridized carbons (Fsp3) is 0.217. The lowest BCUT2D eigenvalue weighted by molar-refractivity contribution is 0.243. The van der Waals surface area contributed by atoms with Crippen LogP contribution in [0.5, 0.6) is 0 Å². The highest BCUT2D eigenvalue weighted by Crippen LogP contribution is 2.50. The molecule has 1 aliphatic carbocycles. The van der Waals surface area contributed by atoms with Crippen LogP contribution in [0.1, 0.15) is 13.8 Å². The lowest BCUT2D eigenvalue weighted by Gasteiger charge is -2.28. The Labute approximate surface area is 157 Å². The van der Waals surface area contributed by atoms with Gasteiger partial charge in [0, 0.05) is 11.5 Å². The van der Waals surface area contributed by atoms with Gasteiger partial charge in [0.05, 0.1) is 6.61 Å². The van der Waals surface area contributed by atoms with Crippen LogP contribution in [-0.4, -0.2) is 12.6 Å². The van der Waals surface area contributed by atoms with Crippen LogP contribution in [0.2, 0.25) is 0 Å². The molecule has 2 aromatic rings. The van der Waals surface area contributed by atoms with Crippen LogP contribution in [-0.2, 0) is 4.74 Å². The molecule has 0 spiro atoms. The van der Waals surface area contributed by atoms with Crippen molar-refractivity contribution in [3.8, 4) is 0 Å². The van der Waals surface area contributed by atoms with Gasteiger partial charge in [-0.2, -0.15) is 0 Å². The predicted molar refractivity (Wildman–Crippen MR) is 111 cm³/mol. The van der Waals surface area contributed by atoms with Crippen molar-refractivity contribution in [2.24, 2.45) is 5.92 Å². The van der Waals surface area contributed by atoms with E-state index in [9.17, 15) is 0 Å². The molecule has 0 aromatic heterocycles. The first-order valence-corrected chi connectivity index (χ1v) is 10.4. The third-order valence-electron chi connectivity index (χ3n) is 4.74. The van der Waals surface area contributed by atoms with Crippen LogP contribution in [0.25, 0.3) is 5.32 Å². The minimum Gasteiger partial charge on any atom is -0.648 e. The molecule has 0 radical (unpaired) electrons. The Hall–Kier alpha value is -2.31. The molecule has 0 bridgehead atoms. The smallest absolute Gasteiger partial charge is 0.0726 e. The summed E-state index contributed by atoms with van der Waals surface area (Å²) in [5, 5.41) is 8.88. The van der Waals surface area contributed by atoms with Crippen molar-refractivity contribution in [1.29, 1.82) is 0 Å². The third-order valence-corrected chi connectivity index (χ3v) is 7.24. The van der Waals surface area contributed by atoms with E-state index in [1.807, 2.05) is 0 Å². The number of allylic oxidation sites excluding steroid dienone is 5. The highest BCUT2D eigenvalue weighted by atomic mass is 31.1. The number of benzene rings is 2. The summed E-state index contributed by atoms with van der Waals surface area (Å²) >= 11 is 0. The lowest BCUT2D eigenvalue weighted by atomic mass is 10.1. The lowest BCUT2D eigenvalue weighted by Crippen LogP contribution is -2.13.